The molecule has 0 N–H and O–H groups in total. The highest BCUT2D eigenvalue weighted by Gasteiger charge is 2.34. The van der Waals surface area contributed by atoms with E-state index in [1.165, 1.54) is 59.9 Å². The van der Waals surface area contributed by atoms with Crippen molar-refractivity contribution < 1.29 is 0 Å². The molecule has 3 aromatic rings. The van der Waals surface area contributed by atoms with Gasteiger partial charge in [0.1, 0.15) is 0 Å². The van der Waals surface area contributed by atoms with E-state index in [4.69, 9.17) is 4.98 Å². The molecule has 6 aliphatic carbocycles. The summed E-state index contributed by atoms with van der Waals surface area (Å²) in [6.45, 7) is 0. The largest absolute Gasteiger partial charge is 0.256 e. The second-order valence-electron chi connectivity index (χ2n) is 13.2. The minimum absolute atomic E-state index is 0.332. The maximum atomic E-state index is 4.92. The predicted octanol–water partition coefficient (Wildman–Crippen LogP) is 7.30. The normalized spacial score (nSPS) is 25.5. The third-order valence-corrected chi connectivity index (χ3v) is 10.7. The number of aromatic nitrogens is 1. The van der Waals surface area contributed by atoms with E-state index >= 15 is 0 Å². The van der Waals surface area contributed by atoms with Gasteiger partial charge in [0.05, 0.1) is 5.69 Å². The first-order valence-electron chi connectivity index (χ1n) is 16.9. The summed E-state index contributed by atoms with van der Waals surface area (Å²) in [7, 11) is 0. The molecule has 0 spiro atoms. The van der Waals surface area contributed by atoms with E-state index in [1.807, 2.05) is 6.20 Å². The molecule has 0 amide bonds. The predicted molar refractivity (Wildman–Crippen MR) is 192 cm³/mol. The van der Waals surface area contributed by atoms with Gasteiger partial charge in [0, 0.05) is 35.4 Å². The maximum Gasteiger partial charge on any atom is 0.0773 e. The van der Waals surface area contributed by atoms with Crippen LogP contribution in [0.5, 0.6) is 0 Å². The molecule has 6 aliphatic rings. The number of nitrogens with zero attached hydrogens (tertiary/aromatic N) is 1. The molecule has 0 aliphatic heterocycles. The Morgan fingerprint density at radius 3 is 2.11 bits per heavy atom. The fraction of sp³-hybridized carbons (Fsp3) is 0.178. The molecule has 1 aromatic heterocycles. The van der Waals surface area contributed by atoms with E-state index in [-0.39, 0.29) is 0 Å². The van der Waals surface area contributed by atoms with Gasteiger partial charge in [-0.15, -0.1) is 0 Å². The standard InChI is InChI=1S/C45H37N/c1-2-13-34-29-35(27-22-30(34)11-1)45-37(21-10-28-46-45)32-23-25-33(26-24-32)43-39-16-5-7-18-41(39)44(42-19-8-6-17-40(42)43)38-20-9-14-31-12-3-4-15-36(31)38/h1-8,10-19,21-23,25,27-30,34,39,41H,9,20,24,26H2. The van der Waals surface area contributed by atoms with Crippen molar-refractivity contribution in [1.29, 1.82) is 0 Å². The molecule has 0 saturated carbocycles. The second kappa shape index (κ2) is 11.4. The van der Waals surface area contributed by atoms with Crippen molar-refractivity contribution in [2.45, 2.75) is 25.7 Å². The fourth-order valence-corrected chi connectivity index (χ4v) is 8.57. The van der Waals surface area contributed by atoms with Gasteiger partial charge in [-0.3, -0.25) is 4.98 Å². The third kappa shape index (κ3) is 4.57. The summed E-state index contributed by atoms with van der Waals surface area (Å²) in [6.07, 6.45) is 38.8. The summed E-state index contributed by atoms with van der Waals surface area (Å²) in [5.74, 6) is 1.52. The average Bonchev–Trinajstić information content (AvgIpc) is 3.13. The monoisotopic (exact) mass is 591 g/mol. The van der Waals surface area contributed by atoms with Crippen molar-refractivity contribution in [2.24, 2.45) is 23.7 Å². The lowest BCUT2D eigenvalue weighted by atomic mass is 9.68. The summed E-state index contributed by atoms with van der Waals surface area (Å²) in [5, 5.41) is 5.61. The molecule has 4 atom stereocenters. The van der Waals surface area contributed by atoms with Crippen molar-refractivity contribution in [2.75, 3.05) is 0 Å². The van der Waals surface area contributed by atoms with E-state index in [9.17, 15) is 0 Å². The van der Waals surface area contributed by atoms with Crippen LogP contribution in [0.4, 0.5) is 0 Å². The zero-order valence-electron chi connectivity index (χ0n) is 26.0. The zero-order valence-corrected chi connectivity index (χ0v) is 26.0. The Kier molecular flexibility index (Phi) is 6.78. The summed E-state index contributed by atoms with van der Waals surface area (Å²) < 4.78 is 0. The van der Waals surface area contributed by atoms with Gasteiger partial charge in [-0.05, 0) is 86.1 Å². The number of hydrogen-bond donors (Lipinski definition) is 0. The van der Waals surface area contributed by atoms with Crippen molar-refractivity contribution in [3.63, 3.8) is 0 Å². The van der Waals surface area contributed by atoms with Crippen molar-refractivity contribution in [3.8, 4) is 0 Å². The van der Waals surface area contributed by atoms with Crippen LogP contribution in [-0.2, 0) is 0 Å². The maximum absolute atomic E-state index is 4.92. The van der Waals surface area contributed by atoms with Gasteiger partial charge in [-0.2, -0.15) is 0 Å². The fourth-order valence-electron chi connectivity index (χ4n) is 8.57. The van der Waals surface area contributed by atoms with Crippen LogP contribution >= 0.6 is 0 Å². The molecular weight excluding hydrogens is 555 g/mol. The minimum Gasteiger partial charge on any atom is -0.256 e. The van der Waals surface area contributed by atoms with Gasteiger partial charge in [0.25, 0.3) is 0 Å². The van der Waals surface area contributed by atoms with Crippen LogP contribution < -0.4 is 20.9 Å². The van der Waals surface area contributed by atoms with E-state index in [0.29, 0.717) is 23.7 Å². The molecule has 222 valence electrons. The van der Waals surface area contributed by atoms with Crippen molar-refractivity contribution in [1.82, 2.24) is 4.98 Å². The Morgan fingerprint density at radius 1 is 0.587 bits per heavy atom. The van der Waals surface area contributed by atoms with Crippen molar-refractivity contribution in [3.05, 3.63) is 184 Å². The molecule has 4 unspecified atom stereocenters. The molecule has 1 nitrogen and oxygen atoms in total. The first kappa shape index (κ1) is 27.3. The molecule has 2 aromatic carbocycles. The van der Waals surface area contributed by atoms with E-state index in [0.717, 1.165) is 31.4 Å². The quantitative estimate of drug-likeness (QED) is 0.310. The van der Waals surface area contributed by atoms with Gasteiger partial charge in [0.2, 0.25) is 0 Å². The number of benzene rings is 2. The molecule has 1 heterocycles. The number of hydrogen-bond acceptors (Lipinski definition) is 1. The van der Waals surface area contributed by atoms with E-state index in [2.05, 4.69) is 146 Å². The summed E-state index contributed by atoms with van der Waals surface area (Å²) in [4.78, 5) is 4.92. The van der Waals surface area contributed by atoms with Gasteiger partial charge in [-0.1, -0.05) is 140 Å². The Labute approximate surface area is 271 Å². The molecule has 1 heteroatoms. The highest BCUT2D eigenvalue weighted by atomic mass is 14.7. The smallest absolute Gasteiger partial charge is 0.0773 e. The molecule has 0 radical (unpaired) electrons. The van der Waals surface area contributed by atoms with Gasteiger partial charge in [0.15, 0.2) is 0 Å². The average molecular weight is 592 g/mol. The summed E-state index contributed by atoms with van der Waals surface area (Å²) >= 11 is 0. The highest BCUT2D eigenvalue weighted by Crippen LogP contribution is 2.44. The van der Waals surface area contributed by atoms with Crippen LogP contribution in [0.1, 0.15) is 36.9 Å². The minimum atomic E-state index is 0.332. The molecule has 46 heavy (non-hydrogen) atoms. The topological polar surface area (TPSA) is 12.9 Å². The summed E-state index contributed by atoms with van der Waals surface area (Å²) in [5.41, 5.74) is 11.0. The first-order valence-corrected chi connectivity index (χ1v) is 16.9. The molecule has 0 saturated heterocycles. The SMILES string of the molecule is C1=CC2C=CC(c3ncccc3C3=CC=C(C4=c5ccccc5=C(C5=c6ccccc6=CCC5)C5C=CC=CC45)CC3)=CC2C=C1. The Morgan fingerprint density at radius 2 is 1.28 bits per heavy atom. The van der Waals surface area contributed by atoms with Crippen LogP contribution in [0, 0.1) is 23.7 Å². The lowest BCUT2D eigenvalue weighted by Gasteiger charge is -2.36. The Bertz CT molecular complexity index is 2280. The Balaban J connectivity index is 1.18. The van der Waals surface area contributed by atoms with E-state index < -0.39 is 0 Å². The van der Waals surface area contributed by atoms with E-state index in [1.54, 1.807) is 0 Å². The highest BCUT2D eigenvalue weighted by molar-refractivity contribution is 5.95. The van der Waals surface area contributed by atoms with Crippen LogP contribution in [0.3, 0.4) is 0 Å². The number of allylic oxidation sites excluding steroid dienone is 16. The lowest BCUT2D eigenvalue weighted by molar-refractivity contribution is 0.662. The third-order valence-electron chi connectivity index (χ3n) is 10.7. The molecule has 0 bridgehead atoms. The van der Waals surface area contributed by atoms with Crippen LogP contribution in [-0.4, -0.2) is 4.98 Å². The van der Waals surface area contributed by atoms with Crippen molar-refractivity contribution >= 4 is 33.9 Å². The molecule has 9 rings (SSSR count). The Hall–Kier alpha value is -5.01. The second-order valence-corrected chi connectivity index (χ2v) is 13.2. The number of fused-ring (bicyclic) bond motifs is 4. The van der Waals surface area contributed by atoms with Gasteiger partial charge in [-0.25, -0.2) is 0 Å². The van der Waals surface area contributed by atoms with Crippen LogP contribution in [0.25, 0.3) is 33.9 Å². The summed E-state index contributed by atoms with van der Waals surface area (Å²) in [6, 6.07) is 22.5. The number of pyridine rings is 1. The van der Waals surface area contributed by atoms with Gasteiger partial charge >= 0.3 is 0 Å². The lowest BCUT2D eigenvalue weighted by Crippen LogP contribution is -2.42. The van der Waals surface area contributed by atoms with Crippen LogP contribution in [0.15, 0.2) is 151 Å². The zero-order chi connectivity index (χ0) is 30.5. The molecule has 0 fully saturated rings. The molecular formula is C45H37N. The first-order chi connectivity index (χ1) is 22.8. The number of rotatable bonds is 4. The van der Waals surface area contributed by atoms with Gasteiger partial charge < -0.3 is 0 Å². The van der Waals surface area contributed by atoms with Crippen LogP contribution in [0.2, 0.25) is 0 Å².